The number of hydrogen-bond acceptors (Lipinski definition) is 6. The molecule has 0 spiro atoms. The van der Waals surface area contributed by atoms with E-state index in [9.17, 15) is 0 Å². The third-order valence-electron chi connectivity index (χ3n) is 10.3. The van der Waals surface area contributed by atoms with Crippen molar-refractivity contribution in [1.29, 1.82) is 0 Å². The maximum atomic E-state index is 7.92. The summed E-state index contributed by atoms with van der Waals surface area (Å²) < 4.78 is 49.7. The average Bonchev–Trinajstić information content (AvgIpc) is 3.10. The molecular weight excluding hydrogens is 790 g/mol. The van der Waals surface area contributed by atoms with Gasteiger partial charge in [0.05, 0.1) is 0 Å². The fourth-order valence-electron chi connectivity index (χ4n) is 7.45. The zero-order valence-corrected chi connectivity index (χ0v) is 36.4. The number of rotatable bonds is 24. The molecule has 0 radical (unpaired) electrons. The van der Waals surface area contributed by atoms with Gasteiger partial charge in [0.25, 0.3) is 0 Å². The summed E-state index contributed by atoms with van der Waals surface area (Å²) in [5, 5.41) is 0. The molecule has 2 aliphatic rings. The molecule has 1 aromatic carbocycles. The minimum atomic E-state index is -3.14. The second-order valence-corrected chi connectivity index (χ2v) is 37.5. The van der Waals surface area contributed by atoms with E-state index in [1.165, 1.54) is 104 Å². The Balaban J connectivity index is 2.11. The third-order valence-corrected chi connectivity index (χ3v) is 36.3. The van der Waals surface area contributed by atoms with Crippen molar-refractivity contribution in [2.75, 3.05) is 13.7 Å². The molecule has 0 aromatic heterocycles. The van der Waals surface area contributed by atoms with Gasteiger partial charge in [-0.1, -0.05) is 0 Å². The second-order valence-electron chi connectivity index (χ2n) is 14.1. The summed E-state index contributed by atoms with van der Waals surface area (Å²) in [6.45, 7) is 14.4. The quantitative estimate of drug-likeness (QED) is 0.0966. The van der Waals surface area contributed by atoms with E-state index in [0.717, 1.165) is 5.56 Å². The first-order valence-electron chi connectivity index (χ1n) is 19.3. The minimum absolute atomic E-state index is 0.193. The van der Waals surface area contributed by atoms with Gasteiger partial charge in [0, 0.05) is 0 Å². The SMILES string of the molecule is CCC[CH2][Sn]([CH2]CCC)([CH2]CCC)[O][C@@H]1[C@@H]([O][Sn]([CH2]CCC)([CH2]CCC)[CH2]CCC)[C@H](OC)O[C@@H]2CO[C@@H](c3ccccc3)O[C@@H]12. The Morgan fingerprint density at radius 2 is 1.04 bits per heavy atom. The first-order valence-corrected chi connectivity index (χ1v) is 33.7. The van der Waals surface area contributed by atoms with E-state index in [-0.39, 0.29) is 24.4 Å². The number of fused-ring (bicyclic) bond motifs is 1. The molecule has 2 heterocycles. The topological polar surface area (TPSA) is 55.4 Å². The normalized spacial score (nSPS) is 25.5. The molecule has 6 atom stereocenters. The van der Waals surface area contributed by atoms with Gasteiger partial charge in [-0.2, -0.15) is 0 Å². The van der Waals surface area contributed by atoms with Crippen LogP contribution in [0.5, 0.6) is 0 Å². The van der Waals surface area contributed by atoms with Crippen LogP contribution in [0.4, 0.5) is 0 Å². The molecule has 0 saturated carbocycles. The molecule has 1 aromatic rings. The zero-order valence-electron chi connectivity index (χ0n) is 30.7. The van der Waals surface area contributed by atoms with Crippen LogP contribution in [0, 0.1) is 0 Å². The maximum absolute atomic E-state index is 7.92. The Labute approximate surface area is 292 Å². The van der Waals surface area contributed by atoms with Crippen molar-refractivity contribution in [2.45, 2.75) is 182 Å². The van der Waals surface area contributed by atoms with Crippen LogP contribution in [-0.2, 0) is 25.1 Å². The first kappa shape index (κ1) is 41.0. The molecule has 0 amide bonds. The van der Waals surface area contributed by atoms with Gasteiger partial charge in [-0.05, 0) is 0 Å². The summed E-state index contributed by atoms with van der Waals surface area (Å²) in [7, 11) is 1.79. The van der Waals surface area contributed by atoms with Gasteiger partial charge in [-0.3, -0.25) is 0 Å². The Hall–Kier alpha value is 0.577. The standard InChI is InChI=1S/C14H16O6.6C4H9.2Sn/c1-17-14-11(16)10(15)12-9(19-14)7-18-13(20-12)8-5-3-2-4-6-8;6*1-3-4-2;;/h2-6,9-14H,7H2,1H3;6*1,3-4H2,2H3;;/q-2;;;;;;;2*+1/t9-,10-,11-,12-,13-,14-;;;;;;;;/m1......../s1. The average molecular weight is 860 g/mol. The molecule has 2 fully saturated rings. The van der Waals surface area contributed by atoms with E-state index < -0.39 is 50.2 Å². The Morgan fingerprint density at radius 3 is 1.46 bits per heavy atom. The van der Waals surface area contributed by atoms with Gasteiger partial charge in [0.15, 0.2) is 0 Å². The van der Waals surface area contributed by atoms with Crippen molar-refractivity contribution in [3.05, 3.63) is 35.9 Å². The van der Waals surface area contributed by atoms with E-state index in [4.69, 9.17) is 25.1 Å². The number of unbranched alkanes of at least 4 members (excludes halogenated alkanes) is 6. The van der Waals surface area contributed by atoms with Crippen molar-refractivity contribution in [3.8, 4) is 0 Å². The summed E-state index contributed by atoms with van der Waals surface area (Å²) in [5.74, 6) is 0. The monoisotopic (exact) mass is 862 g/mol. The molecule has 0 N–H and O–H groups in total. The van der Waals surface area contributed by atoms with E-state index in [1.807, 2.05) is 6.07 Å². The Bertz CT molecular complexity index is 876. The predicted molar refractivity (Wildman–Crippen MR) is 195 cm³/mol. The summed E-state index contributed by atoms with van der Waals surface area (Å²) in [6, 6.07) is 10.4. The molecule has 8 heteroatoms. The fraction of sp³-hybridized carbons (Fsp3) is 0.842. The first-order chi connectivity index (χ1) is 22.4. The van der Waals surface area contributed by atoms with Crippen molar-refractivity contribution in [2.24, 2.45) is 0 Å². The molecule has 6 nitrogen and oxygen atoms in total. The number of methoxy groups -OCH3 is 1. The van der Waals surface area contributed by atoms with Gasteiger partial charge in [-0.25, -0.2) is 0 Å². The molecule has 2 saturated heterocycles. The molecule has 46 heavy (non-hydrogen) atoms. The van der Waals surface area contributed by atoms with Crippen molar-refractivity contribution < 1.29 is 25.1 Å². The zero-order chi connectivity index (χ0) is 33.3. The van der Waals surface area contributed by atoms with Crippen LogP contribution < -0.4 is 0 Å². The molecular formula is C38H70O6Sn2. The van der Waals surface area contributed by atoms with E-state index in [2.05, 4.69) is 65.8 Å². The second kappa shape index (κ2) is 22.4. The summed E-state index contributed by atoms with van der Waals surface area (Å²) >= 11 is -6.26. The molecule has 0 bridgehead atoms. The van der Waals surface area contributed by atoms with Crippen molar-refractivity contribution in [3.63, 3.8) is 0 Å². The summed E-state index contributed by atoms with van der Waals surface area (Å²) in [6.07, 6.45) is 12.9. The Morgan fingerprint density at radius 1 is 0.609 bits per heavy atom. The van der Waals surface area contributed by atoms with Crippen LogP contribution in [-0.4, -0.2) is 82.0 Å². The molecule has 3 rings (SSSR count). The van der Waals surface area contributed by atoms with Gasteiger partial charge >= 0.3 is 294 Å². The predicted octanol–water partition coefficient (Wildman–Crippen LogP) is 10.9. The van der Waals surface area contributed by atoms with Crippen molar-refractivity contribution in [1.82, 2.24) is 0 Å². The van der Waals surface area contributed by atoms with Gasteiger partial charge in [0.1, 0.15) is 0 Å². The number of benzene rings is 1. The van der Waals surface area contributed by atoms with Gasteiger partial charge in [-0.15, -0.1) is 0 Å². The van der Waals surface area contributed by atoms with E-state index in [0.29, 0.717) is 6.61 Å². The fourth-order valence-corrected chi connectivity index (χ4v) is 35.6. The number of hydrogen-bond donors (Lipinski definition) is 0. The third kappa shape index (κ3) is 12.1. The van der Waals surface area contributed by atoms with Gasteiger partial charge < -0.3 is 0 Å². The van der Waals surface area contributed by atoms with Crippen LogP contribution in [0.3, 0.4) is 0 Å². The van der Waals surface area contributed by atoms with Gasteiger partial charge in [0.2, 0.25) is 0 Å². The Kier molecular flexibility index (Phi) is 20.0. The van der Waals surface area contributed by atoms with Crippen LogP contribution in [0.1, 0.15) is 130 Å². The molecule has 266 valence electrons. The van der Waals surface area contributed by atoms with Crippen LogP contribution in [0.15, 0.2) is 30.3 Å². The van der Waals surface area contributed by atoms with Crippen LogP contribution >= 0.6 is 0 Å². The molecule has 2 aliphatic heterocycles. The van der Waals surface area contributed by atoms with Crippen molar-refractivity contribution >= 4 is 37.6 Å². The van der Waals surface area contributed by atoms with E-state index in [1.54, 1.807) is 7.11 Å². The van der Waals surface area contributed by atoms with Crippen LogP contribution in [0.25, 0.3) is 0 Å². The molecule has 0 unspecified atom stereocenters. The van der Waals surface area contributed by atoms with E-state index >= 15 is 0 Å². The number of ether oxygens (including phenoxy) is 4. The van der Waals surface area contributed by atoms with Crippen LogP contribution in [0.2, 0.25) is 26.6 Å². The summed E-state index contributed by atoms with van der Waals surface area (Å²) in [5.41, 5.74) is 1.05. The summed E-state index contributed by atoms with van der Waals surface area (Å²) in [4.78, 5) is 0. The molecule has 0 aliphatic carbocycles.